The molecule has 8 heteroatoms. The molecule has 3 unspecified atom stereocenters. The minimum absolute atomic E-state index is 0. The van der Waals surface area contributed by atoms with Gasteiger partial charge in [0.05, 0.1) is 19.3 Å². The van der Waals surface area contributed by atoms with Crippen molar-refractivity contribution in [3.63, 3.8) is 0 Å². The smallest absolute Gasteiger partial charge is 0.194 e. The van der Waals surface area contributed by atoms with Crippen molar-refractivity contribution in [1.29, 1.82) is 0 Å². The molecule has 0 amide bonds. The molecule has 0 aliphatic carbocycles. The first kappa shape index (κ1) is 26.7. The monoisotopic (exact) mass is 572 g/mol. The van der Waals surface area contributed by atoms with E-state index >= 15 is 0 Å². The van der Waals surface area contributed by atoms with Crippen molar-refractivity contribution in [2.45, 2.75) is 63.3 Å². The maximum absolute atomic E-state index is 6.06. The summed E-state index contributed by atoms with van der Waals surface area (Å²) < 4.78 is 17.7. The second-order valence-corrected chi connectivity index (χ2v) is 9.25. The summed E-state index contributed by atoms with van der Waals surface area (Å²) in [7, 11) is 0. The maximum Gasteiger partial charge on any atom is 0.194 e. The fourth-order valence-corrected chi connectivity index (χ4v) is 5.04. The zero-order chi connectivity index (χ0) is 22.2. The van der Waals surface area contributed by atoms with E-state index in [1.807, 2.05) is 0 Å². The summed E-state index contributed by atoms with van der Waals surface area (Å²) >= 11 is 0. The van der Waals surface area contributed by atoms with Gasteiger partial charge < -0.3 is 29.7 Å². The van der Waals surface area contributed by atoms with Gasteiger partial charge in [-0.3, -0.25) is 4.99 Å². The summed E-state index contributed by atoms with van der Waals surface area (Å²) in [6.07, 6.45) is 4.51. The molecule has 1 aromatic carbocycles. The highest BCUT2D eigenvalue weighted by atomic mass is 127. The first-order valence-electron chi connectivity index (χ1n) is 12.4. The number of hydrogen-bond acceptors (Lipinski definition) is 5. The molecule has 3 aliphatic rings. The quantitative estimate of drug-likeness (QED) is 0.297. The molecule has 2 N–H and O–H groups in total. The van der Waals surface area contributed by atoms with Crippen LogP contribution >= 0.6 is 24.0 Å². The second kappa shape index (κ2) is 13.2. The van der Waals surface area contributed by atoms with Crippen LogP contribution in [0.1, 0.15) is 51.1 Å². The van der Waals surface area contributed by atoms with Crippen molar-refractivity contribution in [1.82, 2.24) is 15.5 Å². The molecule has 3 heterocycles. The van der Waals surface area contributed by atoms with Gasteiger partial charge in [-0.15, -0.1) is 24.0 Å². The predicted molar refractivity (Wildman–Crippen MR) is 142 cm³/mol. The highest BCUT2D eigenvalue weighted by Crippen LogP contribution is 2.26. The van der Waals surface area contributed by atoms with E-state index in [1.165, 1.54) is 5.56 Å². The standard InChI is InChI=1S/C25H40N4O3.HI/c1-3-26-24(29-13-17-32-23(18-29)22-10-7-14-31-22)27-19-25(11-15-30-16-12-25)28-20(2)21-8-5-4-6-9-21;/h4-6,8-9,20,22-23,28H,3,7,10-19H2,1-2H3,(H,26,27);1H. The minimum atomic E-state index is -0.0611. The van der Waals surface area contributed by atoms with Crippen molar-refractivity contribution in [3.05, 3.63) is 35.9 Å². The molecule has 3 fully saturated rings. The average molecular weight is 573 g/mol. The number of nitrogens with one attached hydrogen (secondary N) is 2. The Morgan fingerprint density at radius 2 is 1.88 bits per heavy atom. The average Bonchev–Trinajstić information content (AvgIpc) is 3.38. The van der Waals surface area contributed by atoms with Crippen LogP contribution in [0.2, 0.25) is 0 Å². The third-order valence-corrected chi connectivity index (χ3v) is 6.91. The Balaban J connectivity index is 0.00000306. The number of aliphatic imine (C=N–C) groups is 1. The molecular formula is C25H41IN4O3. The van der Waals surface area contributed by atoms with E-state index in [2.05, 4.69) is 59.7 Å². The van der Waals surface area contributed by atoms with Gasteiger partial charge in [0.1, 0.15) is 6.10 Å². The zero-order valence-corrected chi connectivity index (χ0v) is 22.5. The number of morpholine rings is 1. The molecule has 0 radical (unpaired) electrons. The lowest BCUT2D eigenvalue weighted by Crippen LogP contribution is -2.55. The molecule has 0 aromatic heterocycles. The Kier molecular flexibility index (Phi) is 10.7. The fraction of sp³-hybridized carbons (Fsp3) is 0.720. The van der Waals surface area contributed by atoms with Crippen LogP contribution in [0.5, 0.6) is 0 Å². The number of rotatable bonds is 7. The molecule has 0 saturated carbocycles. The minimum Gasteiger partial charge on any atom is -0.381 e. The molecule has 3 atom stereocenters. The molecule has 3 aliphatic heterocycles. The Hall–Kier alpha value is -0.940. The topological polar surface area (TPSA) is 67.4 Å². The number of hydrogen-bond donors (Lipinski definition) is 2. The van der Waals surface area contributed by atoms with Crippen LogP contribution in [-0.2, 0) is 14.2 Å². The van der Waals surface area contributed by atoms with Crippen LogP contribution in [0.4, 0.5) is 0 Å². The highest BCUT2D eigenvalue weighted by Gasteiger charge is 2.35. The van der Waals surface area contributed by atoms with Gasteiger partial charge in [-0.25, -0.2) is 0 Å². The highest BCUT2D eigenvalue weighted by molar-refractivity contribution is 14.0. The number of guanidine groups is 1. The van der Waals surface area contributed by atoms with Gasteiger partial charge in [-0.1, -0.05) is 30.3 Å². The Labute approximate surface area is 216 Å². The van der Waals surface area contributed by atoms with E-state index in [0.29, 0.717) is 0 Å². The molecule has 186 valence electrons. The summed E-state index contributed by atoms with van der Waals surface area (Å²) in [6, 6.07) is 10.9. The molecule has 0 spiro atoms. The predicted octanol–water partition coefficient (Wildman–Crippen LogP) is 3.35. The van der Waals surface area contributed by atoms with E-state index < -0.39 is 0 Å². The van der Waals surface area contributed by atoms with Crippen LogP contribution in [0.15, 0.2) is 35.3 Å². The summed E-state index contributed by atoms with van der Waals surface area (Å²) in [5, 5.41) is 7.45. The van der Waals surface area contributed by atoms with Gasteiger partial charge in [0, 0.05) is 51.0 Å². The van der Waals surface area contributed by atoms with Crippen LogP contribution in [-0.4, -0.2) is 81.2 Å². The van der Waals surface area contributed by atoms with Gasteiger partial charge in [-0.05, 0) is 45.1 Å². The van der Waals surface area contributed by atoms with Gasteiger partial charge in [0.15, 0.2) is 5.96 Å². The van der Waals surface area contributed by atoms with E-state index in [9.17, 15) is 0 Å². The normalized spacial score (nSPS) is 26.5. The lowest BCUT2D eigenvalue weighted by molar-refractivity contribution is -0.0817. The summed E-state index contributed by atoms with van der Waals surface area (Å²) in [5.74, 6) is 0.985. The molecule has 7 nitrogen and oxygen atoms in total. The Morgan fingerprint density at radius 1 is 1.12 bits per heavy atom. The number of ether oxygens (including phenoxy) is 3. The van der Waals surface area contributed by atoms with Crippen molar-refractivity contribution in [3.8, 4) is 0 Å². The van der Waals surface area contributed by atoms with Gasteiger partial charge in [0.2, 0.25) is 0 Å². The summed E-state index contributed by atoms with van der Waals surface area (Å²) in [6.45, 7) is 10.8. The maximum atomic E-state index is 6.06. The largest absolute Gasteiger partial charge is 0.381 e. The zero-order valence-electron chi connectivity index (χ0n) is 20.1. The second-order valence-electron chi connectivity index (χ2n) is 9.25. The lowest BCUT2D eigenvalue weighted by Gasteiger charge is -2.41. The molecule has 1 aromatic rings. The number of benzene rings is 1. The molecule has 3 saturated heterocycles. The number of nitrogens with zero attached hydrogens (tertiary/aromatic N) is 2. The summed E-state index contributed by atoms with van der Waals surface area (Å²) in [4.78, 5) is 7.51. The number of halogens is 1. The molecule has 33 heavy (non-hydrogen) atoms. The van der Waals surface area contributed by atoms with Gasteiger partial charge >= 0.3 is 0 Å². The van der Waals surface area contributed by atoms with Crippen LogP contribution in [0.3, 0.4) is 0 Å². The van der Waals surface area contributed by atoms with Crippen molar-refractivity contribution < 1.29 is 14.2 Å². The van der Waals surface area contributed by atoms with Gasteiger partial charge in [-0.2, -0.15) is 0 Å². The first-order chi connectivity index (χ1) is 15.7. The SMILES string of the molecule is CCNC(=NCC1(NC(C)c2ccccc2)CCOCC1)N1CCOC(C2CCCO2)C1.I. The third-order valence-electron chi connectivity index (χ3n) is 6.91. The van der Waals surface area contributed by atoms with Crippen molar-refractivity contribution >= 4 is 29.9 Å². The van der Waals surface area contributed by atoms with Crippen LogP contribution < -0.4 is 10.6 Å². The van der Waals surface area contributed by atoms with Gasteiger partial charge in [0.25, 0.3) is 0 Å². The van der Waals surface area contributed by atoms with Crippen molar-refractivity contribution in [2.24, 2.45) is 4.99 Å². The van der Waals surface area contributed by atoms with E-state index in [-0.39, 0.29) is 47.8 Å². The fourth-order valence-electron chi connectivity index (χ4n) is 5.04. The Bertz CT molecular complexity index is 724. The first-order valence-corrected chi connectivity index (χ1v) is 12.4. The van der Waals surface area contributed by atoms with E-state index in [4.69, 9.17) is 19.2 Å². The molecule has 0 bridgehead atoms. The molecule has 4 rings (SSSR count). The third kappa shape index (κ3) is 7.27. The van der Waals surface area contributed by atoms with Crippen molar-refractivity contribution in [2.75, 3.05) is 52.6 Å². The summed E-state index contributed by atoms with van der Waals surface area (Å²) in [5.41, 5.74) is 1.25. The Morgan fingerprint density at radius 3 is 2.58 bits per heavy atom. The molecular weight excluding hydrogens is 531 g/mol. The van der Waals surface area contributed by atoms with E-state index in [1.54, 1.807) is 0 Å². The van der Waals surface area contributed by atoms with Crippen LogP contribution in [0.25, 0.3) is 0 Å². The van der Waals surface area contributed by atoms with E-state index in [0.717, 1.165) is 84.2 Å². The lowest BCUT2D eigenvalue weighted by atomic mass is 9.88. The van der Waals surface area contributed by atoms with Crippen LogP contribution in [0, 0.1) is 0 Å².